The van der Waals surface area contributed by atoms with Gasteiger partial charge in [0.15, 0.2) is 11.6 Å². The van der Waals surface area contributed by atoms with Crippen molar-refractivity contribution in [2.24, 2.45) is 0 Å². The van der Waals surface area contributed by atoms with Gasteiger partial charge < -0.3 is 0 Å². The largest absolute Gasteiger partial charge is 0.216 e. The van der Waals surface area contributed by atoms with Crippen LogP contribution in [0.25, 0.3) is 5.82 Å². The highest BCUT2D eigenvalue weighted by atomic mass is 15.4. The van der Waals surface area contributed by atoms with Gasteiger partial charge in [-0.05, 0) is 6.07 Å². The zero-order chi connectivity index (χ0) is 12.3. The minimum absolute atomic E-state index is 0.444. The van der Waals surface area contributed by atoms with E-state index in [-0.39, 0.29) is 0 Å². The van der Waals surface area contributed by atoms with Gasteiger partial charge in [-0.15, -0.1) is 10.2 Å². The minimum Gasteiger partial charge on any atom is -0.216 e. The second kappa shape index (κ2) is 4.70. The van der Waals surface area contributed by atoms with E-state index < -0.39 is 0 Å². The number of nitriles is 1. The Morgan fingerprint density at radius 1 is 1.35 bits per heavy atom. The van der Waals surface area contributed by atoms with Crippen molar-refractivity contribution in [3.8, 4) is 11.9 Å². The molecule has 2 rings (SSSR count). The van der Waals surface area contributed by atoms with Crippen molar-refractivity contribution in [1.82, 2.24) is 25.0 Å². The maximum absolute atomic E-state index is 9.03. The first-order valence-corrected chi connectivity index (χ1v) is 5.47. The van der Waals surface area contributed by atoms with E-state index in [4.69, 9.17) is 5.26 Å². The Bertz CT molecular complexity index is 566. The van der Waals surface area contributed by atoms with Crippen molar-refractivity contribution in [1.29, 1.82) is 5.26 Å². The molecule has 0 N–H and O–H groups in total. The van der Waals surface area contributed by atoms with E-state index in [1.165, 1.54) is 6.20 Å². The molecule has 17 heavy (non-hydrogen) atoms. The van der Waals surface area contributed by atoms with Crippen molar-refractivity contribution in [2.75, 3.05) is 0 Å². The van der Waals surface area contributed by atoms with Gasteiger partial charge in [0.25, 0.3) is 0 Å². The van der Waals surface area contributed by atoms with E-state index in [9.17, 15) is 0 Å². The summed E-state index contributed by atoms with van der Waals surface area (Å²) in [5.41, 5.74) is 0.447. The number of aryl methyl sites for hydroxylation is 2. The molecule has 0 aromatic carbocycles. The average Bonchev–Trinajstić information content (AvgIpc) is 2.81. The van der Waals surface area contributed by atoms with Gasteiger partial charge in [-0.3, -0.25) is 0 Å². The SMILES string of the molecule is CCc1nc(CC)n(-c2nnccc2C#N)n1. The number of nitrogens with zero attached hydrogens (tertiary/aromatic N) is 6. The molecule has 0 bridgehead atoms. The van der Waals surface area contributed by atoms with E-state index >= 15 is 0 Å². The van der Waals surface area contributed by atoms with E-state index in [1.807, 2.05) is 13.8 Å². The summed E-state index contributed by atoms with van der Waals surface area (Å²) in [4.78, 5) is 4.37. The molecule has 6 nitrogen and oxygen atoms in total. The molecule has 2 heterocycles. The predicted octanol–water partition coefficient (Wildman–Crippen LogP) is 1.05. The first-order valence-electron chi connectivity index (χ1n) is 5.47. The highest BCUT2D eigenvalue weighted by molar-refractivity contribution is 5.41. The molecule has 0 radical (unpaired) electrons. The van der Waals surface area contributed by atoms with Crippen LogP contribution in [0.1, 0.15) is 31.1 Å². The maximum Gasteiger partial charge on any atom is 0.195 e. The van der Waals surface area contributed by atoms with Gasteiger partial charge in [0, 0.05) is 12.8 Å². The summed E-state index contributed by atoms with van der Waals surface area (Å²) in [6, 6.07) is 3.70. The van der Waals surface area contributed by atoms with Crippen LogP contribution in [0.4, 0.5) is 0 Å². The van der Waals surface area contributed by atoms with Crippen LogP contribution in [0.15, 0.2) is 12.3 Å². The van der Waals surface area contributed by atoms with Crippen molar-refractivity contribution < 1.29 is 0 Å². The normalized spacial score (nSPS) is 10.2. The van der Waals surface area contributed by atoms with Crippen LogP contribution >= 0.6 is 0 Å². The average molecular weight is 228 g/mol. The molecule has 0 saturated carbocycles. The summed E-state index contributed by atoms with van der Waals surface area (Å²) < 4.78 is 1.60. The Balaban J connectivity index is 2.60. The molecule has 86 valence electrons. The van der Waals surface area contributed by atoms with Gasteiger partial charge in [0.2, 0.25) is 0 Å². The molecule has 0 unspecified atom stereocenters. The molecule has 6 heteroatoms. The van der Waals surface area contributed by atoms with Crippen LogP contribution in [0.5, 0.6) is 0 Å². The summed E-state index contributed by atoms with van der Waals surface area (Å²) in [7, 11) is 0. The second-order valence-electron chi connectivity index (χ2n) is 3.44. The number of rotatable bonds is 3. The maximum atomic E-state index is 9.03. The third kappa shape index (κ3) is 1.99. The first-order chi connectivity index (χ1) is 8.30. The zero-order valence-corrected chi connectivity index (χ0v) is 9.75. The lowest BCUT2D eigenvalue weighted by atomic mass is 10.3. The van der Waals surface area contributed by atoms with Crippen LogP contribution in [0.3, 0.4) is 0 Å². The van der Waals surface area contributed by atoms with Crippen molar-refractivity contribution in [3.05, 3.63) is 29.5 Å². The Morgan fingerprint density at radius 2 is 2.18 bits per heavy atom. The van der Waals surface area contributed by atoms with E-state index in [2.05, 4.69) is 26.3 Å². The fourth-order valence-electron chi connectivity index (χ4n) is 1.51. The fraction of sp³-hybridized carbons (Fsp3) is 0.364. The van der Waals surface area contributed by atoms with Gasteiger partial charge in [0.1, 0.15) is 17.5 Å². The molecule has 0 spiro atoms. The molecular formula is C11H12N6. The second-order valence-corrected chi connectivity index (χ2v) is 3.44. The van der Waals surface area contributed by atoms with E-state index in [0.717, 1.165) is 24.5 Å². The highest BCUT2D eigenvalue weighted by Gasteiger charge is 2.13. The summed E-state index contributed by atoms with van der Waals surface area (Å²) in [6.45, 7) is 3.98. The summed E-state index contributed by atoms with van der Waals surface area (Å²) in [5, 5.41) is 21.1. The lowest BCUT2D eigenvalue weighted by Crippen LogP contribution is -2.07. The molecule has 0 aliphatic heterocycles. The standard InChI is InChI=1S/C11H12N6/c1-3-9-14-10(4-2)17(16-9)11-8(7-12)5-6-13-15-11/h5-6H,3-4H2,1-2H3. The smallest absolute Gasteiger partial charge is 0.195 e. The molecule has 0 saturated heterocycles. The third-order valence-corrected chi connectivity index (χ3v) is 2.37. The third-order valence-electron chi connectivity index (χ3n) is 2.37. The molecule has 0 fully saturated rings. The van der Waals surface area contributed by atoms with Gasteiger partial charge in [0.05, 0.1) is 6.20 Å². The lowest BCUT2D eigenvalue weighted by molar-refractivity contribution is 0.748. The molecule has 0 atom stereocenters. The molecule has 0 aliphatic rings. The lowest BCUT2D eigenvalue weighted by Gasteiger charge is -2.03. The Kier molecular flexibility index (Phi) is 3.10. The van der Waals surface area contributed by atoms with Crippen molar-refractivity contribution in [2.45, 2.75) is 26.7 Å². The van der Waals surface area contributed by atoms with Crippen LogP contribution in [-0.4, -0.2) is 25.0 Å². The molecule has 2 aromatic heterocycles. The fourth-order valence-corrected chi connectivity index (χ4v) is 1.51. The molecular weight excluding hydrogens is 216 g/mol. The Hall–Kier alpha value is -2.29. The van der Waals surface area contributed by atoms with E-state index in [0.29, 0.717) is 11.4 Å². The number of hydrogen-bond acceptors (Lipinski definition) is 5. The van der Waals surface area contributed by atoms with Crippen LogP contribution in [0.2, 0.25) is 0 Å². The number of hydrogen-bond donors (Lipinski definition) is 0. The molecule has 0 amide bonds. The van der Waals surface area contributed by atoms with Crippen LogP contribution in [0, 0.1) is 11.3 Å². The zero-order valence-electron chi connectivity index (χ0n) is 9.75. The predicted molar refractivity (Wildman–Crippen MR) is 60.4 cm³/mol. The summed E-state index contributed by atoms with van der Waals surface area (Å²) in [6.07, 6.45) is 2.97. The van der Waals surface area contributed by atoms with Crippen LogP contribution < -0.4 is 0 Å². The van der Waals surface area contributed by atoms with Crippen molar-refractivity contribution >= 4 is 0 Å². The Morgan fingerprint density at radius 3 is 2.82 bits per heavy atom. The van der Waals surface area contributed by atoms with Gasteiger partial charge >= 0.3 is 0 Å². The van der Waals surface area contributed by atoms with Crippen molar-refractivity contribution in [3.63, 3.8) is 0 Å². The first kappa shape index (κ1) is 11.2. The highest BCUT2D eigenvalue weighted by Crippen LogP contribution is 2.11. The van der Waals surface area contributed by atoms with E-state index in [1.54, 1.807) is 10.7 Å². The molecule has 2 aromatic rings. The Labute approximate surface area is 98.9 Å². The van der Waals surface area contributed by atoms with Gasteiger partial charge in [-0.25, -0.2) is 4.98 Å². The quantitative estimate of drug-likeness (QED) is 0.784. The topological polar surface area (TPSA) is 80.3 Å². The van der Waals surface area contributed by atoms with Gasteiger partial charge in [-0.2, -0.15) is 15.0 Å². The molecule has 0 aliphatic carbocycles. The monoisotopic (exact) mass is 228 g/mol. The van der Waals surface area contributed by atoms with Crippen LogP contribution in [-0.2, 0) is 12.8 Å². The number of aromatic nitrogens is 5. The summed E-state index contributed by atoms with van der Waals surface area (Å²) in [5.74, 6) is 1.98. The van der Waals surface area contributed by atoms with Gasteiger partial charge in [-0.1, -0.05) is 13.8 Å². The minimum atomic E-state index is 0.444. The summed E-state index contributed by atoms with van der Waals surface area (Å²) >= 11 is 0.